The maximum Gasteiger partial charge on any atom is 0.226 e. The maximum absolute atomic E-state index is 12.3. The molecule has 0 heterocycles. The fourth-order valence-corrected chi connectivity index (χ4v) is 2.53. The van der Waals surface area contributed by atoms with Crippen molar-refractivity contribution in [3.63, 3.8) is 0 Å². The van der Waals surface area contributed by atoms with Crippen LogP contribution in [0, 0.1) is 5.92 Å². The first-order valence-electron chi connectivity index (χ1n) is 6.60. The van der Waals surface area contributed by atoms with E-state index in [0.717, 1.165) is 12.8 Å². The molecule has 0 aromatic rings. The molecule has 0 aliphatic heterocycles. The second-order valence-electron chi connectivity index (χ2n) is 5.07. The second-order valence-corrected chi connectivity index (χ2v) is 5.54. The van der Waals surface area contributed by atoms with Crippen LogP contribution in [0.25, 0.3) is 0 Å². The molecule has 0 spiro atoms. The molecule has 3 nitrogen and oxygen atoms in total. The van der Waals surface area contributed by atoms with Gasteiger partial charge in [0.15, 0.2) is 0 Å². The molecule has 0 radical (unpaired) electrons. The van der Waals surface area contributed by atoms with Crippen LogP contribution in [0.3, 0.4) is 0 Å². The lowest BCUT2D eigenvalue weighted by molar-refractivity contribution is -0.135. The SMILES string of the molecule is CC(C(N)=S)N(C)C(=O)C1CCCCCCC1. The Bertz CT molecular complexity index is 273. The van der Waals surface area contributed by atoms with E-state index in [2.05, 4.69) is 0 Å². The maximum atomic E-state index is 12.3. The first kappa shape index (κ1) is 14.4. The molecule has 0 saturated heterocycles. The standard InChI is InChI=1S/C13H24N2OS/c1-10(12(14)17)15(2)13(16)11-8-6-4-3-5-7-9-11/h10-11H,3-9H2,1-2H3,(H2,14,17). The molecular formula is C13H24N2OS. The summed E-state index contributed by atoms with van der Waals surface area (Å²) in [5.41, 5.74) is 5.60. The fourth-order valence-electron chi connectivity index (χ4n) is 2.37. The summed E-state index contributed by atoms with van der Waals surface area (Å²) >= 11 is 4.95. The van der Waals surface area contributed by atoms with Crippen molar-refractivity contribution in [2.24, 2.45) is 11.7 Å². The Morgan fingerprint density at radius 1 is 1.24 bits per heavy atom. The highest BCUT2D eigenvalue weighted by atomic mass is 32.1. The average Bonchev–Trinajstić information content (AvgIpc) is 2.25. The van der Waals surface area contributed by atoms with Gasteiger partial charge in [-0.2, -0.15) is 0 Å². The summed E-state index contributed by atoms with van der Waals surface area (Å²) in [4.78, 5) is 14.4. The van der Waals surface area contributed by atoms with Gasteiger partial charge >= 0.3 is 0 Å². The van der Waals surface area contributed by atoms with Gasteiger partial charge < -0.3 is 10.6 Å². The molecule has 0 aromatic heterocycles. The van der Waals surface area contributed by atoms with Crippen LogP contribution in [0.2, 0.25) is 0 Å². The van der Waals surface area contributed by atoms with Crippen molar-refractivity contribution < 1.29 is 4.79 Å². The van der Waals surface area contributed by atoms with Gasteiger partial charge in [-0.3, -0.25) is 4.79 Å². The minimum atomic E-state index is -0.136. The van der Waals surface area contributed by atoms with Crippen LogP contribution >= 0.6 is 12.2 Å². The number of hydrogen-bond acceptors (Lipinski definition) is 2. The van der Waals surface area contributed by atoms with Crippen LogP contribution in [0.4, 0.5) is 0 Å². The first-order chi connectivity index (χ1) is 8.04. The zero-order valence-corrected chi connectivity index (χ0v) is 11.8. The van der Waals surface area contributed by atoms with Crippen LogP contribution < -0.4 is 5.73 Å². The minimum absolute atomic E-state index is 0.136. The molecule has 4 heteroatoms. The summed E-state index contributed by atoms with van der Waals surface area (Å²) in [6, 6.07) is -0.136. The van der Waals surface area contributed by atoms with Gasteiger partial charge in [0.1, 0.15) is 0 Å². The predicted molar refractivity (Wildman–Crippen MR) is 74.8 cm³/mol. The average molecular weight is 256 g/mol. The number of thiocarbonyl (C=S) groups is 1. The lowest BCUT2D eigenvalue weighted by Crippen LogP contribution is -2.45. The molecule has 2 N–H and O–H groups in total. The number of nitrogens with two attached hydrogens (primary N) is 1. The lowest BCUT2D eigenvalue weighted by Gasteiger charge is -2.29. The van der Waals surface area contributed by atoms with Crippen molar-refractivity contribution in [1.29, 1.82) is 0 Å². The van der Waals surface area contributed by atoms with E-state index < -0.39 is 0 Å². The zero-order valence-electron chi connectivity index (χ0n) is 10.9. The number of carbonyl (C=O) groups excluding carboxylic acids is 1. The van der Waals surface area contributed by atoms with E-state index in [0.29, 0.717) is 4.99 Å². The molecule has 1 unspecified atom stereocenters. The van der Waals surface area contributed by atoms with Crippen molar-refractivity contribution in [2.75, 3.05) is 7.05 Å². The number of carbonyl (C=O) groups is 1. The molecule has 17 heavy (non-hydrogen) atoms. The molecule has 1 aliphatic rings. The zero-order chi connectivity index (χ0) is 12.8. The molecule has 1 fully saturated rings. The monoisotopic (exact) mass is 256 g/mol. The highest BCUT2D eigenvalue weighted by Gasteiger charge is 2.26. The number of rotatable bonds is 3. The van der Waals surface area contributed by atoms with E-state index >= 15 is 0 Å². The molecule has 1 amide bonds. The van der Waals surface area contributed by atoms with Gasteiger partial charge in [-0.1, -0.05) is 44.3 Å². The third-order valence-electron chi connectivity index (χ3n) is 3.79. The Morgan fingerprint density at radius 2 is 1.71 bits per heavy atom. The molecular weight excluding hydrogens is 232 g/mol. The normalized spacial score (nSPS) is 20.1. The van der Waals surface area contributed by atoms with Gasteiger partial charge in [0.2, 0.25) is 5.91 Å². The Labute approximate surface area is 110 Å². The predicted octanol–water partition coefficient (Wildman–Crippen LogP) is 2.48. The van der Waals surface area contributed by atoms with Crippen molar-refractivity contribution >= 4 is 23.1 Å². The number of nitrogens with zero attached hydrogens (tertiary/aromatic N) is 1. The summed E-state index contributed by atoms with van der Waals surface area (Å²) in [7, 11) is 1.81. The van der Waals surface area contributed by atoms with E-state index in [1.54, 1.807) is 4.90 Å². The fraction of sp³-hybridized carbons (Fsp3) is 0.846. The van der Waals surface area contributed by atoms with Crippen molar-refractivity contribution in [2.45, 2.75) is 57.9 Å². The summed E-state index contributed by atoms with van der Waals surface area (Å²) in [5.74, 6) is 0.393. The Hall–Kier alpha value is -0.640. The Morgan fingerprint density at radius 3 is 2.18 bits per heavy atom. The van der Waals surface area contributed by atoms with Crippen LogP contribution in [0.15, 0.2) is 0 Å². The lowest BCUT2D eigenvalue weighted by atomic mass is 9.90. The van der Waals surface area contributed by atoms with Crippen LogP contribution in [0.5, 0.6) is 0 Å². The van der Waals surface area contributed by atoms with E-state index in [1.165, 1.54) is 32.1 Å². The van der Waals surface area contributed by atoms with Crippen molar-refractivity contribution in [1.82, 2.24) is 4.90 Å². The smallest absolute Gasteiger partial charge is 0.226 e. The Balaban J connectivity index is 2.56. The van der Waals surface area contributed by atoms with Gasteiger partial charge in [0, 0.05) is 13.0 Å². The summed E-state index contributed by atoms with van der Waals surface area (Å²) in [6.07, 6.45) is 8.23. The van der Waals surface area contributed by atoms with E-state index in [-0.39, 0.29) is 17.9 Å². The van der Waals surface area contributed by atoms with Gasteiger partial charge in [-0.25, -0.2) is 0 Å². The molecule has 0 bridgehead atoms. The van der Waals surface area contributed by atoms with Crippen molar-refractivity contribution in [3.8, 4) is 0 Å². The number of likely N-dealkylation sites (N-methyl/N-ethyl adjacent to an activating group) is 1. The molecule has 1 rings (SSSR count). The van der Waals surface area contributed by atoms with Gasteiger partial charge in [-0.15, -0.1) is 0 Å². The first-order valence-corrected chi connectivity index (χ1v) is 7.01. The topological polar surface area (TPSA) is 46.3 Å². The van der Waals surface area contributed by atoms with E-state index in [4.69, 9.17) is 18.0 Å². The summed E-state index contributed by atoms with van der Waals surface area (Å²) in [6.45, 7) is 1.89. The van der Waals surface area contributed by atoms with Crippen LogP contribution in [0.1, 0.15) is 51.9 Å². The van der Waals surface area contributed by atoms with Crippen LogP contribution in [-0.4, -0.2) is 28.9 Å². The number of hydrogen-bond donors (Lipinski definition) is 1. The summed E-state index contributed by atoms with van der Waals surface area (Å²) in [5, 5.41) is 0. The molecule has 0 aromatic carbocycles. The third kappa shape index (κ3) is 4.26. The highest BCUT2D eigenvalue weighted by Crippen LogP contribution is 2.24. The number of amides is 1. The Kier molecular flexibility index (Phi) is 5.89. The molecule has 1 aliphatic carbocycles. The van der Waals surface area contributed by atoms with E-state index in [1.807, 2.05) is 14.0 Å². The van der Waals surface area contributed by atoms with Gasteiger partial charge in [0.25, 0.3) is 0 Å². The third-order valence-corrected chi connectivity index (χ3v) is 4.14. The molecule has 98 valence electrons. The van der Waals surface area contributed by atoms with E-state index in [9.17, 15) is 4.79 Å². The van der Waals surface area contributed by atoms with Gasteiger partial charge in [0.05, 0.1) is 11.0 Å². The quantitative estimate of drug-likeness (QED) is 0.789. The van der Waals surface area contributed by atoms with Crippen molar-refractivity contribution in [3.05, 3.63) is 0 Å². The second kappa shape index (κ2) is 6.94. The minimum Gasteiger partial charge on any atom is -0.392 e. The molecule has 1 saturated carbocycles. The highest BCUT2D eigenvalue weighted by molar-refractivity contribution is 7.80. The largest absolute Gasteiger partial charge is 0.392 e. The van der Waals surface area contributed by atoms with Crippen LogP contribution in [-0.2, 0) is 4.79 Å². The van der Waals surface area contributed by atoms with Gasteiger partial charge in [-0.05, 0) is 19.8 Å². The summed E-state index contributed by atoms with van der Waals surface area (Å²) < 4.78 is 0. The molecule has 1 atom stereocenters.